The summed E-state index contributed by atoms with van der Waals surface area (Å²) in [6.45, 7) is 7.18. The summed E-state index contributed by atoms with van der Waals surface area (Å²) in [4.78, 5) is 34.8. The molecule has 2 unspecified atom stereocenters. The van der Waals surface area contributed by atoms with Gasteiger partial charge in [0.25, 0.3) is 0 Å². The lowest BCUT2D eigenvalue weighted by Gasteiger charge is -2.25. The van der Waals surface area contributed by atoms with Gasteiger partial charge in [0, 0.05) is 12.6 Å². The van der Waals surface area contributed by atoms with Crippen molar-refractivity contribution in [1.29, 1.82) is 0 Å². The van der Waals surface area contributed by atoms with Crippen molar-refractivity contribution in [2.24, 2.45) is 5.92 Å². The van der Waals surface area contributed by atoms with E-state index in [2.05, 4.69) is 10.6 Å². The van der Waals surface area contributed by atoms with E-state index in [0.29, 0.717) is 0 Å². The summed E-state index contributed by atoms with van der Waals surface area (Å²) < 4.78 is 10.3. The molecule has 1 aromatic rings. The molecule has 2 amide bonds. The smallest absolute Gasteiger partial charge is 0.407 e. The van der Waals surface area contributed by atoms with Crippen LogP contribution in [0.1, 0.15) is 39.7 Å². The molecular formula is C19H28N2O6. The molecule has 1 rings (SSSR count). The average molecular weight is 380 g/mol. The quantitative estimate of drug-likeness (QED) is 0.639. The zero-order valence-electron chi connectivity index (χ0n) is 16.2. The summed E-state index contributed by atoms with van der Waals surface area (Å²) in [5, 5.41) is 14.2. The first-order valence-corrected chi connectivity index (χ1v) is 8.72. The molecule has 0 saturated heterocycles. The van der Waals surface area contributed by atoms with Crippen LogP contribution in [-0.2, 0) is 20.9 Å². The number of carbonyl (C=O) groups excluding carboxylic acids is 2. The Morgan fingerprint density at radius 2 is 1.74 bits per heavy atom. The molecule has 27 heavy (non-hydrogen) atoms. The maximum absolute atomic E-state index is 12.0. The third-order valence-corrected chi connectivity index (χ3v) is 3.56. The number of hydrogen-bond donors (Lipinski definition) is 3. The Balaban J connectivity index is 2.53. The summed E-state index contributed by atoms with van der Waals surface area (Å²) in [5.41, 5.74) is 0.190. The molecule has 0 radical (unpaired) electrons. The van der Waals surface area contributed by atoms with Crippen molar-refractivity contribution in [1.82, 2.24) is 10.6 Å². The van der Waals surface area contributed by atoms with Gasteiger partial charge in [-0.3, -0.25) is 4.79 Å². The Hall–Kier alpha value is -2.77. The second kappa shape index (κ2) is 10.4. The molecule has 150 valence electrons. The van der Waals surface area contributed by atoms with Crippen LogP contribution in [0.4, 0.5) is 9.59 Å². The van der Waals surface area contributed by atoms with Gasteiger partial charge in [-0.15, -0.1) is 0 Å². The molecule has 0 aliphatic heterocycles. The maximum atomic E-state index is 12.0. The lowest BCUT2D eigenvalue weighted by atomic mass is 9.99. The van der Waals surface area contributed by atoms with Crippen LogP contribution in [-0.4, -0.2) is 41.4 Å². The van der Waals surface area contributed by atoms with Gasteiger partial charge >= 0.3 is 18.2 Å². The van der Waals surface area contributed by atoms with Crippen molar-refractivity contribution in [2.45, 2.75) is 52.4 Å². The molecule has 0 heterocycles. The minimum Gasteiger partial charge on any atom is -0.481 e. The molecule has 0 bridgehead atoms. The van der Waals surface area contributed by atoms with Crippen LogP contribution in [0, 0.1) is 5.92 Å². The molecular weight excluding hydrogens is 352 g/mol. The van der Waals surface area contributed by atoms with Crippen molar-refractivity contribution in [2.75, 3.05) is 6.54 Å². The van der Waals surface area contributed by atoms with Gasteiger partial charge < -0.3 is 25.2 Å². The van der Waals surface area contributed by atoms with Crippen LogP contribution in [0.2, 0.25) is 0 Å². The van der Waals surface area contributed by atoms with Crippen molar-refractivity contribution in [3.05, 3.63) is 35.9 Å². The molecule has 8 heteroatoms. The number of aliphatic carboxylic acids is 1. The number of carbonyl (C=O) groups is 3. The molecule has 0 saturated carbocycles. The number of hydrogen-bond acceptors (Lipinski definition) is 5. The van der Waals surface area contributed by atoms with E-state index >= 15 is 0 Å². The highest BCUT2D eigenvalue weighted by atomic mass is 16.6. The van der Waals surface area contributed by atoms with Crippen LogP contribution >= 0.6 is 0 Å². The van der Waals surface area contributed by atoms with Crippen LogP contribution in [0.15, 0.2) is 30.3 Å². The summed E-state index contributed by atoms with van der Waals surface area (Å²) in [7, 11) is 0. The van der Waals surface area contributed by atoms with Crippen LogP contribution in [0.25, 0.3) is 0 Å². The normalized spacial score (nSPS) is 13.2. The van der Waals surface area contributed by atoms with E-state index in [1.54, 1.807) is 27.7 Å². The monoisotopic (exact) mass is 380 g/mol. The van der Waals surface area contributed by atoms with Gasteiger partial charge in [0.15, 0.2) is 0 Å². The number of amides is 2. The molecule has 2 atom stereocenters. The summed E-state index contributed by atoms with van der Waals surface area (Å²) in [6, 6.07) is 8.43. The predicted octanol–water partition coefficient (Wildman–Crippen LogP) is 2.92. The second-order valence-corrected chi connectivity index (χ2v) is 7.27. The Bertz CT molecular complexity index is 627. The third-order valence-electron chi connectivity index (χ3n) is 3.56. The molecule has 0 fully saturated rings. The van der Waals surface area contributed by atoms with Crippen molar-refractivity contribution in [3.8, 4) is 0 Å². The van der Waals surface area contributed by atoms with Gasteiger partial charge in [0.05, 0.1) is 6.42 Å². The number of ether oxygens (including phenoxy) is 2. The number of alkyl carbamates (subject to hydrolysis) is 2. The largest absolute Gasteiger partial charge is 0.481 e. The molecule has 8 nitrogen and oxygen atoms in total. The van der Waals surface area contributed by atoms with Gasteiger partial charge in [0.2, 0.25) is 0 Å². The van der Waals surface area contributed by atoms with Crippen molar-refractivity contribution >= 4 is 18.2 Å². The predicted molar refractivity (Wildman–Crippen MR) is 99.2 cm³/mol. The molecule has 0 aromatic heterocycles. The van der Waals surface area contributed by atoms with Gasteiger partial charge in [0.1, 0.15) is 12.2 Å². The maximum Gasteiger partial charge on any atom is 0.407 e. The molecule has 0 aliphatic rings. The molecule has 0 aliphatic carbocycles. The lowest BCUT2D eigenvalue weighted by molar-refractivity contribution is -0.137. The van der Waals surface area contributed by atoms with Crippen LogP contribution in [0.5, 0.6) is 0 Å². The first-order valence-electron chi connectivity index (χ1n) is 8.72. The highest BCUT2D eigenvalue weighted by molar-refractivity contribution is 5.71. The Labute approximate surface area is 159 Å². The Morgan fingerprint density at radius 3 is 2.30 bits per heavy atom. The van der Waals surface area contributed by atoms with E-state index in [1.165, 1.54) is 0 Å². The fourth-order valence-electron chi connectivity index (χ4n) is 2.20. The van der Waals surface area contributed by atoms with Crippen molar-refractivity contribution < 1.29 is 29.0 Å². The second-order valence-electron chi connectivity index (χ2n) is 7.27. The minimum absolute atomic E-state index is 0.0804. The van der Waals surface area contributed by atoms with Crippen molar-refractivity contribution in [3.63, 3.8) is 0 Å². The number of nitrogens with one attached hydrogen (secondary N) is 2. The minimum atomic E-state index is -1.06. The highest BCUT2D eigenvalue weighted by Gasteiger charge is 2.24. The summed E-state index contributed by atoms with van der Waals surface area (Å²) >= 11 is 0. The van der Waals surface area contributed by atoms with E-state index in [0.717, 1.165) is 5.56 Å². The average Bonchev–Trinajstić information content (AvgIpc) is 2.56. The topological polar surface area (TPSA) is 114 Å². The summed E-state index contributed by atoms with van der Waals surface area (Å²) in [5.74, 6) is -1.41. The van der Waals surface area contributed by atoms with E-state index in [-0.39, 0.29) is 25.5 Å². The Morgan fingerprint density at radius 1 is 1.11 bits per heavy atom. The van der Waals surface area contributed by atoms with Gasteiger partial charge in [-0.1, -0.05) is 37.3 Å². The van der Waals surface area contributed by atoms with E-state index in [1.807, 2.05) is 30.3 Å². The fraction of sp³-hybridized carbons (Fsp3) is 0.526. The SMILES string of the molecule is CC(CNC(=O)OC(C)(C)C)C(CC(=O)O)NC(=O)OCc1ccccc1. The van der Waals surface area contributed by atoms with Crippen LogP contribution in [0.3, 0.4) is 0 Å². The van der Waals surface area contributed by atoms with Crippen LogP contribution < -0.4 is 10.6 Å². The number of benzene rings is 1. The zero-order chi connectivity index (χ0) is 20.4. The molecule has 0 spiro atoms. The Kier molecular flexibility index (Phi) is 8.58. The molecule has 3 N–H and O–H groups in total. The van der Waals surface area contributed by atoms with E-state index in [4.69, 9.17) is 14.6 Å². The first-order chi connectivity index (χ1) is 12.6. The number of carboxylic acid groups (broad SMARTS) is 1. The molecule has 1 aromatic carbocycles. The standard InChI is InChI=1S/C19H28N2O6/c1-13(11-20-17(24)27-19(2,3)4)15(10-16(22)23)21-18(25)26-12-14-8-6-5-7-9-14/h5-9,13,15H,10-12H2,1-4H3,(H,20,24)(H,21,25)(H,22,23). The zero-order valence-corrected chi connectivity index (χ0v) is 16.2. The lowest BCUT2D eigenvalue weighted by Crippen LogP contribution is -2.45. The van der Waals surface area contributed by atoms with Gasteiger partial charge in [-0.2, -0.15) is 0 Å². The van der Waals surface area contributed by atoms with Gasteiger partial charge in [-0.05, 0) is 32.3 Å². The van der Waals surface area contributed by atoms with E-state index < -0.39 is 29.8 Å². The summed E-state index contributed by atoms with van der Waals surface area (Å²) in [6.07, 6.45) is -1.61. The third kappa shape index (κ3) is 10.1. The number of carboxylic acids is 1. The highest BCUT2D eigenvalue weighted by Crippen LogP contribution is 2.10. The first kappa shape index (κ1) is 22.3. The fourth-order valence-corrected chi connectivity index (χ4v) is 2.20. The number of rotatable bonds is 8. The van der Waals surface area contributed by atoms with E-state index in [9.17, 15) is 14.4 Å². The van der Waals surface area contributed by atoms with Gasteiger partial charge in [-0.25, -0.2) is 9.59 Å².